The van der Waals surface area contributed by atoms with Crippen molar-refractivity contribution in [3.8, 4) is 0 Å². The van der Waals surface area contributed by atoms with Crippen LogP contribution in [-0.2, 0) is 4.79 Å². The number of anilines is 1. The first kappa shape index (κ1) is 12.3. The molecule has 0 unspecified atom stereocenters. The summed E-state index contributed by atoms with van der Waals surface area (Å²) in [4.78, 5) is 21.9. The van der Waals surface area contributed by atoms with Crippen LogP contribution in [0.25, 0.3) is 0 Å². The number of carbonyl (C=O) groups is 2. The van der Waals surface area contributed by atoms with E-state index in [1.807, 2.05) is 0 Å². The predicted molar refractivity (Wildman–Crippen MR) is 61.9 cm³/mol. The van der Waals surface area contributed by atoms with E-state index in [-0.39, 0.29) is 22.9 Å². The molecule has 0 radical (unpaired) electrons. The molecular weight excluding hydrogens is 230 g/mol. The number of hydrogen-bond donors (Lipinski definition) is 2. The van der Waals surface area contributed by atoms with Gasteiger partial charge in [0.05, 0.1) is 10.6 Å². The molecule has 84 valence electrons. The molecule has 0 atom stereocenters. The van der Waals surface area contributed by atoms with Gasteiger partial charge in [-0.1, -0.05) is 17.7 Å². The topological polar surface area (TPSA) is 66.4 Å². The number of amides is 1. The summed E-state index contributed by atoms with van der Waals surface area (Å²) in [6.45, 7) is 3.43. The number of carboxylic acids is 1. The quantitative estimate of drug-likeness (QED) is 0.794. The molecule has 0 heterocycles. The summed E-state index contributed by atoms with van der Waals surface area (Å²) in [5, 5.41) is 11.4. The lowest BCUT2D eigenvalue weighted by Crippen LogP contribution is -2.10. The van der Waals surface area contributed by atoms with E-state index >= 15 is 0 Å². The van der Waals surface area contributed by atoms with Crippen LogP contribution in [0, 0.1) is 0 Å². The third-order valence-corrected chi connectivity index (χ3v) is 2.13. The van der Waals surface area contributed by atoms with Gasteiger partial charge in [0.25, 0.3) is 0 Å². The summed E-state index contributed by atoms with van der Waals surface area (Å²) in [5.41, 5.74) is 0.463. The summed E-state index contributed by atoms with van der Waals surface area (Å²) < 4.78 is 0. The molecule has 2 N–H and O–H groups in total. The second kappa shape index (κ2) is 5.32. The minimum absolute atomic E-state index is 0.00314. The number of hydrogen-bond acceptors (Lipinski definition) is 2. The van der Waals surface area contributed by atoms with Crippen LogP contribution in [0.4, 0.5) is 5.69 Å². The highest BCUT2D eigenvalue weighted by atomic mass is 35.5. The summed E-state index contributed by atoms with van der Waals surface area (Å²) in [7, 11) is 0. The van der Waals surface area contributed by atoms with Gasteiger partial charge in [-0.2, -0.15) is 0 Å². The molecule has 0 bridgehead atoms. The summed E-state index contributed by atoms with van der Waals surface area (Å²) in [6.07, 6.45) is 1.67. The molecule has 1 rings (SSSR count). The van der Waals surface area contributed by atoms with E-state index in [1.165, 1.54) is 24.3 Å². The Kier molecular flexibility index (Phi) is 4.08. The van der Waals surface area contributed by atoms with Crippen LogP contribution in [0.1, 0.15) is 16.8 Å². The fourth-order valence-electron chi connectivity index (χ4n) is 1.11. The zero-order valence-corrected chi connectivity index (χ0v) is 9.12. The monoisotopic (exact) mass is 239 g/mol. The van der Waals surface area contributed by atoms with E-state index < -0.39 is 5.97 Å². The maximum Gasteiger partial charge on any atom is 0.337 e. The molecule has 5 heteroatoms. The van der Waals surface area contributed by atoms with E-state index in [2.05, 4.69) is 11.9 Å². The lowest BCUT2D eigenvalue weighted by Gasteiger charge is -2.05. The van der Waals surface area contributed by atoms with Crippen LogP contribution >= 0.6 is 11.6 Å². The third-order valence-electron chi connectivity index (χ3n) is 1.81. The Bertz CT molecular complexity index is 443. The number of carboxylic acid groups (broad SMARTS) is 1. The van der Waals surface area contributed by atoms with Gasteiger partial charge >= 0.3 is 5.97 Å². The predicted octanol–water partition coefficient (Wildman–Crippen LogP) is 2.55. The molecule has 0 aromatic heterocycles. The fraction of sp³-hybridized carbons (Fsp3) is 0.0909. The van der Waals surface area contributed by atoms with Crippen LogP contribution in [0.5, 0.6) is 0 Å². The average molecular weight is 240 g/mol. The van der Waals surface area contributed by atoms with Gasteiger partial charge < -0.3 is 10.4 Å². The molecule has 0 aliphatic heterocycles. The van der Waals surface area contributed by atoms with Crippen molar-refractivity contribution >= 4 is 29.2 Å². The minimum Gasteiger partial charge on any atom is -0.478 e. The Hall–Kier alpha value is -1.81. The number of aromatic carboxylic acids is 1. The van der Waals surface area contributed by atoms with Crippen LogP contribution in [-0.4, -0.2) is 17.0 Å². The SMILES string of the molecule is C=CCC(=O)Nc1ccc(C(=O)O)c(Cl)c1. The van der Waals surface area contributed by atoms with Crippen molar-refractivity contribution in [3.05, 3.63) is 41.4 Å². The van der Waals surface area contributed by atoms with Crippen molar-refractivity contribution < 1.29 is 14.7 Å². The largest absolute Gasteiger partial charge is 0.478 e. The van der Waals surface area contributed by atoms with Gasteiger partial charge in [-0.25, -0.2) is 4.79 Å². The molecule has 0 spiro atoms. The Balaban J connectivity index is 2.85. The fourth-order valence-corrected chi connectivity index (χ4v) is 1.37. The third kappa shape index (κ3) is 3.10. The first-order valence-electron chi connectivity index (χ1n) is 4.48. The van der Waals surface area contributed by atoms with Gasteiger partial charge in [-0.05, 0) is 18.2 Å². The molecule has 0 saturated heterocycles. The average Bonchev–Trinajstić information content (AvgIpc) is 2.17. The van der Waals surface area contributed by atoms with Crippen molar-refractivity contribution in [1.29, 1.82) is 0 Å². The van der Waals surface area contributed by atoms with Gasteiger partial charge in [0.2, 0.25) is 5.91 Å². The zero-order chi connectivity index (χ0) is 12.1. The minimum atomic E-state index is -1.10. The van der Waals surface area contributed by atoms with E-state index in [0.29, 0.717) is 5.69 Å². The molecule has 0 aliphatic carbocycles. The van der Waals surface area contributed by atoms with Crippen LogP contribution in [0.15, 0.2) is 30.9 Å². The van der Waals surface area contributed by atoms with Gasteiger partial charge in [0.15, 0.2) is 0 Å². The lowest BCUT2D eigenvalue weighted by atomic mass is 10.2. The Morgan fingerprint density at radius 3 is 2.69 bits per heavy atom. The number of nitrogens with one attached hydrogen (secondary N) is 1. The van der Waals surface area contributed by atoms with Gasteiger partial charge in [-0.3, -0.25) is 4.79 Å². The first-order valence-corrected chi connectivity index (χ1v) is 4.86. The highest BCUT2D eigenvalue weighted by molar-refractivity contribution is 6.33. The summed E-state index contributed by atoms with van der Waals surface area (Å²) in [5.74, 6) is -1.33. The van der Waals surface area contributed by atoms with Crippen molar-refractivity contribution in [3.63, 3.8) is 0 Å². The molecule has 1 aromatic rings. The maximum absolute atomic E-state index is 11.2. The first-order chi connectivity index (χ1) is 7.54. The van der Waals surface area contributed by atoms with Gasteiger partial charge in [0, 0.05) is 12.1 Å². The number of carbonyl (C=O) groups excluding carboxylic acids is 1. The van der Waals surface area contributed by atoms with E-state index in [0.717, 1.165) is 0 Å². The Morgan fingerprint density at radius 2 is 2.19 bits per heavy atom. The van der Waals surface area contributed by atoms with E-state index in [1.54, 1.807) is 0 Å². The van der Waals surface area contributed by atoms with Crippen molar-refractivity contribution in [2.75, 3.05) is 5.32 Å². The molecule has 16 heavy (non-hydrogen) atoms. The van der Waals surface area contributed by atoms with Crippen molar-refractivity contribution in [2.45, 2.75) is 6.42 Å². The molecular formula is C11H10ClNO3. The lowest BCUT2D eigenvalue weighted by molar-refractivity contribution is -0.115. The Morgan fingerprint density at radius 1 is 1.50 bits per heavy atom. The molecule has 0 aliphatic rings. The van der Waals surface area contributed by atoms with E-state index in [9.17, 15) is 9.59 Å². The normalized spacial score (nSPS) is 9.56. The van der Waals surface area contributed by atoms with Crippen LogP contribution in [0.3, 0.4) is 0 Å². The molecule has 1 aromatic carbocycles. The van der Waals surface area contributed by atoms with Crippen molar-refractivity contribution in [1.82, 2.24) is 0 Å². The second-order valence-corrected chi connectivity index (χ2v) is 3.45. The summed E-state index contributed by atoms with van der Waals surface area (Å²) in [6, 6.07) is 4.22. The van der Waals surface area contributed by atoms with Crippen molar-refractivity contribution in [2.24, 2.45) is 0 Å². The Labute approximate surface area is 97.5 Å². The molecule has 4 nitrogen and oxygen atoms in total. The number of benzene rings is 1. The summed E-state index contributed by atoms with van der Waals surface area (Å²) >= 11 is 5.73. The van der Waals surface area contributed by atoms with Crippen LogP contribution in [0.2, 0.25) is 5.02 Å². The number of rotatable bonds is 4. The van der Waals surface area contributed by atoms with E-state index in [4.69, 9.17) is 16.7 Å². The second-order valence-electron chi connectivity index (χ2n) is 3.04. The molecule has 0 fully saturated rings. The molecule has 1 amide bonds. The van der Waals surface area contributed by atoms with Gasteiger partial charge in [-0.15, -0.1) is 6.58 Å². The highest BCUT2D eigenvalue weighted by Gasteiger charge is 2.09. The maximum atomic E-state index is 11.2. The molecule has 0 saturated carbocycles. The van der Waals surface area contributed by atoms with Gasteiger partial charge in [0.1, 0.15) is 0 Å². The smallest absolute Gasteiger partial charge is 0.337 e. The number of halogens is 1. The highest BCUT2D eigenvalue weighted by Crippen LogP contribution is 2.21. The standard InChI is InChI=1S/C11H10ClNO3/c1-2-3-10(14)13-7-4-5-8(11(15)16)9(12)6-7/h2,4-6H,1,3H2,(H,13,14)(H,15,16). The van der Waals surface area contributed by atoms with Crippen LogP contribution < -0.4 is 5.32 Å². The zero-order valence-electron chi connectivity index (χ0n) is 8.37.